The Balaban J connectivity index is 0.000000239. The van der Waals surface area contributed by atoms with Gasteiger partial charge in [0.25, 0.3) is 0 Å². The fourth-order valence-electron chi connectivity index (χ4n) is 1.02. The van der Waals surface area contributed by atoms with Crippen LogP contribution in [0.25, 0.3) is 0 Å². The standard InChI is InChI=1S/C8H6O4.C2H3N3/c9-7(10)5-3-1-2-4-6(5)8(11)12;1-2-4-5-3-1/h1-4H,(H,9,10)(H,11,12);1-2H,(H,3,4,5). The molecule has 1 aromatic heterocycles. The summed E-state index contributed by atoms with van der Waals surface area (Å²) in [5, 5.41) is 26.4. The predicted octanol–water partition coefficient (Wildman–Crippen LogP) is 0.888. The van der Waals surface area contributed by atoms with Crippen LogP contribution in [0.15, 0.2) is 36.7 Å². The molecule has 0 aliphatic carbocycles. The third kappa shape index (κ3) is 3.74. The van der Waals surface area contributed by atoms with Crippen molar-refractivity contribution in [2.24, 2.45) is 0 Å². The van der Waals surface area contributed by atoms with Crippen molar-refractivity contribution in [2.45, 2.75) is 0 Å². The number of aromatic amines is 1. The number of hydrogen-bond donors (Lipinski definition) is 3. The molecular weight excluding hydrogens is 226 g/mol. The van der Waals surface area contributed by atoms with Crippen molar-refractivity contribution in [3.8, 4) is 0 Å². The zero-order valence-electron chi connectivity index (χ0n) is 8.57. The zero-order chi connectivity index (χ0) is 12.7. The summed E-state index contributed by atoms with van der Waals surface area (Å²) < 4.78 is 0. The highest BCUT2D eigenvalue weighted by Crippen LogP contribution is 2.07. The molecule has 0 amide bonds. The Morgan fingerprint density at radius 3 is 1.59 bits per heavy atom. The van der Waals surface area contributed by atoms with Crippen molar-refractivity contribution in [3.05, 3.63) is 47.8 Å². The lowest BCUT2D eigenvalue weighted by Crippen LogP contribution is -2.06. The average molecular weight is 235 g/mol. The Bertz CT molecular complexity index is 446. The van der Waals surface area contributed by atoms with Crippen molar-refractivity contribution in [1.82, 2.24) is 15.4 Å². The normalized spacial score (nSPS) is 8.94. The monoisotopic (exact) mass is 235 g/mol. The molecule has 0 bridgehead atoms. The molecular formula is C10H9N3O4. The van der Waals surface area contributed by atoms with Gasteiger partial charge in [0.05, 0.1) is 23.5 Å². The molecule has 1 aromatic carbocycles. The van der Waals surface area contributed by atoms with Gasteiger partial charge in [-0.05, 0) is 12.1 Å². The van der Waals surface area contributed by atoms with Gasteiger partial charge in [0.15, 0.2) is 0 Å². The number of aromatic nitrogens is 3. The first kappa shape index (κ1) is 12.4. The third-order valence-corrected chi connectivity index (χ3v) is 1.72. The van der Waals surface area contributed by atoms with Gasteiger partial charge in [-0.1, -0.05) is 12.1 Å². The van der Waals surface area contributed by atoms with Crippen LogP contribution in [-0.2, 0) is 0 Å². The third-order valence-electron chi connectivity index (χ3n) is 1.72. The summed E-state index contributed by atoms with van der Waals surface area (Å²) in [5.74, 6) is -2.46. The maximum Gasteiger partial charge on any atom is 0.336 e. The molecule has 2 aromatic rings. The molecule has 88 valence electrons. The first-order valence-corrected chi connectivity index (χ1v) is 4.48. The molecule has 0 atom stereocenters. The summed E-state index contributed by atoms with van der Waals surface area (Å²) in [6.45, 7) is 0. The Morgan fingerprint density at radius 2 is 1.35 bits per heavy atom. The first-order chi connectivity index (χ1) is 8.13. The fourth-order valence-corrected chi connectivity index (χ4v) is 1.02. The molecule has 7 heteroatoms. The van der Waals surface area contributed by atoms with Crippen LogP contribution in [0.3, 0.4) is 0 Å². The van der Waals surface area contributed by atoms with Crippen LogP contribution in [0.4, 0.5) is 0 Å². The van der Waals surface area contributed by atoms with Gasteiger partial charge in [-0.15, -0.1) is 0 Å². The number of benzene rings is 1. The van der Waals surface area contributed by atoms with Gasteiger partial charge in [0.1, 0.15) is 0 Å². The Hall–Kier alpha value is -2.70. The van der Waals surface area contributed by atoms with Crippen LogP contribution < -0.4 is 0 Å². The van der Waals surface area contributed by atoms with E-state index < -0.39 is 11.9 Å². The van der Waals surface area contributed by atoms with Crippen LogP contribution in [0, 0.1) is 0 Å². The molecule has 0 aliphatic heterocycles. The number of nitrogens with zero attached hydrogens (tertiary/aromatic N) is 2. The van der Waals surface area contributed by atoms with Gasteiger partial charge < -0.3 is 10.2 Å². The maximum atomic E-state index is 10.5. The molecule has 17 heavy (non-hydrogen) atoms. The zero-order valence-corrected chi connectivity index (χ0v) is 8.57. The van der Waals surface area contributed by atoms with Crippen molar-refractivity contribution in [1.29, 1.82) is 0 Å². The maximum absolute atomic E-state index is 10.5. The highest BCUT2D eigenvalue weighted by Gasteiger charge is 2.13. The van der Waals surface area contributed by atoms with Crippen LogP contribution in [0.1, 0.15) is 20.7 Å². The lowest BCUT2D eigenvalue weighted by atomic mass is 10.1. The average Bonchev–Trinajstić information content (AvgIpc) is 2.87. The summed E-state index contributed by atoms with van der Waals surface area (Å²) in [6, 6.07) is 5.48. The minimum atomic E-state index is -1.23. The second-order valence-electron chi connectivity index (χ2n) is 2.81. The van der Waals surface area contributed by atoms with Gasteiger partial charge in [-0.2, -0.15) is 15.4 Å². The first-order valence-electron chi connectivity index (χ1n) is 4.48. The number of carboxylic acid groups (broad SMARTS) is 2. The second-order valence-corrected chi connectivity index (χ2v) is 2.81. The smallest absolute Gasteiger partial charge is 0.336 e. The summed E-state index contributed by atoms with van der Waals surface area (Å²) in [7, 11) is 0. The van der Waals surface area contributed by atoms with E-state index in [1.165, 1.54) is 24.3 Å². The summed E-state index contributed by atoms with van der Waals surface area (Å²) in [6.07, 6.45) is 3.17. The molecule has 1 heterocycles. The van der Waals surface area contributed by atoms with E-state index in [0.29, 0.717) is 0 Å². The number of carbonyl (C=O) groups is 2. The van der Waals surface area contributed by atoms with E-state index in [9.17, 15) is 9.59 Å². The van der Waals surface area contributed by atoms with Crippen LogP contribution in [0.2, 0.25) is 0 Å². The molecule has 0 saturated heterocycles. The van der Waals surface area contributed by atoms with Gasteiger partial charge in [0.2, 0.25) is 0 Å². The Kier molecular flexibility index (Phi) is 4.37. The van der Waals surface area contributed by atoms with E-state index >= 15 is 0 Å². The lowest BCUT2D eigenvalue weighted by Gasteiger charge is -1.98. The van der Waals surface area contributed by atoms with Crippen molar-refractivity contribution >= 4 is 11.9 Å². The topological polar surface area (TPSA) is 116 Å². The van der Waals surface area contributed by atoms with Crippen LogP contribution >= 0.6 is 0 Å². The SMILES string of the molecule is O=C(O)c1ccccc1C(=O)O.c1cn[nH]n1. The van der Waals surface area contributed by atoms with E-state index in [0.717, 1.165) is 0 Å². The molecule has 0 radical (unpaired) electrons. The lowest BCUT2D eigenvalue weighted by molar-refractivity contribution is 0.0651. The van der Waals surface area contributed by atoms with Gasteiger partial charge >= 0.3 is 11.9 Å². The van der Waals surface area contributed by atoms with Crippen LogP contribution in [0.5, 0.6) is 0 Å². The number of hydrogen-bond acceptors (Lipinski definition) is 4. The molecule has 0 spiro atoms. The molecule has 0 aliphatic rings. The number of H-pyrrole nitrogens is 1. The highest BCUT2D eigenvalue weighted by molar-refractivity contribution is 6.01. The van der Waals surface area contributed by atoms with Crippen molar-refractivity contribution in [2.75, 3.05) is 0 Å². The molecule has 2 rings (SSSR count). The Morgan fingerprint density at radius 1 is 0.941 bits per heavy atom. The summed E-state index contributed by atoms with van der Waals surface area (Å²) >= 11 is 0. The largest absolute Gasteiger partial charge is 0.478 e. The number of nitrogens with one attached hydrogen (secondary N) is 1. The predicted molar refractivity (Wildman–Crippen MR) is 56.7 cm³/mol. The van der Waals surface area contributed by atoms with E-state index in [1.54, 1.807) is 12.4 Å². The highest BCUT2D eigenvalue weighted by atomic mass is 16.4. The van der Waals surface area contributed by atoms with Gasteiger partial charge in [-0.25, -0.2) is 9.59 Å². The van der Waals surface area contributed by atoms with E-state index in [1.807, 2.05) is 0 Å². The number of carboxylic acids is 2. The molecule has 0 unspecified atom stereocenters. The quantitative estimate of drug-likeness (QED) is 0.711. The van der Waals surface area contributed by atoms with Gasteiger partial charge in [0, 0.05) is 0 Å². The summed E-state index contributed by atoms with van der Waals surface area (Å²) in [5.41, 5.74) is -0.380. The molecule has 7 nitrogen and oxygen atoms in total. The van der Waals surface area contributed by atoms with Crippen LogP contribution in [-0.4, -0.2) is 37.6 Å². The summed E-state index contributed by atoms with van der Waals surface area (Å²) in [4.78, 5) is 20.9. The second kappa shape index (κ2) is 6.01. The fraction of sp³-hybridized carbons (Fsp3) is 0. The van der Waals surface area contributed by atoms with Crippen molar-refractivity contribution in [3.63, 3.8) is 0 Å². The van der Waals surface area contributed by atoms with E-state index in [4.69, 9.17) is 10.2 Å². The van der Waals surface area contributed by atoms with E-state index in [-0.39, 0.29) is 11.1 Å². The van der Waals surface area contributed by atoms with Gasteiger partial charge in [-0.3, -0.25) is 0 Å². The number of rotatable bonds is 2. The minimum absolute atomic E-state index is 0.190. The minimum Gasteiger partial charge on any atom is -0.478 e. The van der Waals surface area contributed by atoms with Crippen molar-refractivity contribution < 1.29 is 19.8 Å². The van der Waals surface area contributed by atoms with E-state index in [2.05, 4.69) is 15.4 Å². The molecule has 0 fully saturated rings. The Labute approximate surface area is 95.7 Å². The number of aromatic carboxylic acids is 2. The molecule has 0 saturated carbocycles. The molecule has 3 N–H and O–H groups in total.